The minimum atomic E-state index is -0.327. The molecule has 1 amide bonds. The van der Waals surface area contributed by atoms with Crippen molar-refractivity contribution in [3.8, 4) is 0 Å². The van der Waals surface area contributed by atoms with Gasteiger partial charge in [-0.25, -0.2) is 0 Å². The molecule has 2 unspecified atom stereocenters. The summed E-state index contributed by atoms with van der Waals surface area (Å²) in [4.78, 5) is 11.4. The van der Waals surface area contributed by atoms with Gasteiger partial charge in [0.2, 0.25) is 5.91 Å². The maximum atomic E-state index is 11.4. The van der Waals surface area contributed by atoms with Crippen molar-refractivity contribution in [2.24, 2.45) is 5.73 Å². The molecule has 3 N–H and O–H groups in total. The SMILES string of the molecule is Cc1ccc(C2CCC(N)C(=O)N2)cc1. The Morgan fingerprint density at radius 3 is 2.53 bits per heavy atom. The van der Waals surface area contributed by atoms with Crippen LogP contribution in [0.1, 0.15) is 30.0 Å². The molecule has 3 nitrogen and oxygen atoms in total. The zero-order valence-electron chi connectivity index (χ0n) is 8.86. The van der Waals surface area contributed by atoms with Gasteiger partial charge in [-0.3, -0.25) is 4.79 Å². The molecule has 1 aliphatic rings. The number of carbonyl (C=O) groups is 1. The van der Waals surface area contributed by atoms with Gasteiger partial charge in [-0.05, 0) is 25.3 Å². The summed E-state index contributed by atoms with van der Waals surface area (Å²) < 4.78 is 0. The highest BCUT2D eigenvalue weighted by Gasteiger charge is 2.25. The number of rotatable bonds is 1. The molecule has 0 radical (unpaired) electrons. The Morgan fingerprint density at radius 2 is 1.93 bits per heavy atom. The van der Waals surface area contributed by atoms with Crippen LogP contribution in [0, 0.1) is 6.92 Å². The van der Waals surface area contributed by atoms with Crippen LogP contribution in [-0.2, 0) is 4.79 Å². The van der Waals surface area contributed by atoms with E-state index < -0.39 is 0 Å². The quantitative estimate of drug-likeness (QED) is 0.724. The molecule has 1 saturated heterocycles. The summed E-state index contributed by atoms with van der Waals surface area (Å²) in [6, 6.07) is 8.07. The molecule has 15 heavy (non-hydrogen) atoms. The largest absolute Gasteiger partial charge is 0.348 e. The lowest BCUT2D eigenvalue weighted by Crippen LogP contribution is -2.46. The maximum absolute atomic E-state index is 11.4. The molecule has 1 aromatic rings. The first-order valence-corrected chi connectivity index (χ1v) is 5.29. The summed E-state index contributed by atoms with van der Waals surface area (Å²) in [6.45, 7) is 2.05. The average Bonchev–Trinajstić information content (AvgIpc) is 2.23. The number of benzene rings is 1. The molecule has 1 fully saturated rings. The summed E-state index contributed by atoms with van der Waals surface area (Å²) >= 11 is 0. The van der Waals surface area contributed by atoms with Crippen molar-refractivity contribution in [3.63, 3.8) is 0 Å². The van der Waals surface area contributed by atoms with E-state index in [0.717, 1.165) is 12.8 Å². The molecule has 0 saturated carbocycles. The second kappa shape index (κ2) is 4.03. The van der Waals surface area contributed by atoms with Gasteiger partial charge in [-0.1, -0.05) is 29.8 Å². The summed E-state index contributed by atoms with van der Waals surface area (Å²) in [5, 5.41) is 2.94. The van der Waals surface area contributed by atoms with Gasteiger partial charge in [-0.15, -0.1) is 0 Å². The van der Waals surface area contributed by atoms with E-state index in [4.69, 9.17) is 5.73 Å². The molecule has 1 heterocycles. The average molecular weight is 204 g/mol. The number of amides is 1. The number of aryl methyl sites for hydroxylation is 1. The molecule has 1 aliphatic heterocycles. The molecule has 0 aromatic heterocycles. The molecular weight excluding hydrogens is 188 g/mol. The molecule has 3 heteroatoms. The van der Waals surface area contributed by atoms with E-state index in [1.165, 1.54) is 11.1 Å². The maximum Gasteiger partial charge on any atom is 0.237 e. The van der Waals surface area contributed by atoms with E-state index in [-0.39, 0.29) is 18.0 Å². The van der Waals surface area contributed by atoms with Gasteiger partial charge in [-0.2, -0.15) is 0 Å². The van der Waals surface area contributed by atoms with Gasteiger partial charge in [0.25, 0.3) is 0 Å². The van der Waals surface area contributed by atoms with Crippen molar-refractivity contribution in [3.05, 3.63) is 35.4 Å². The van der Waals surface area contributed by atoms with Crippen molar-refractivity contribution >= 4 is 5.91 Å². The fourth-order valence-electron chi connectivity index (χ4n) is 1.88. The van der Waals surface area contributed by atoms with Crippen LogP contribution in [0.4, 0.5) is 0 Å². The lowest BCUT2D eigenvalue weighted by Gasteiger charge is -2.27. The predicted octanol–water partition coefficient (Wildman–Crippen LogP) is 1.27. The Balaban J connectivity index is 2.12. The van der Waals surface area contributed by atoms with Crippen molar-refractivity contribution in [1.82, 2.24) is 5.32 Å². The zero-order valence-corrected chi connectivity index (χ0v) is 8.86. The second-order valence-electron chi connectivity index (χ2n) is 4.16. The molecule has 0 spiro atoms. The number of hydrogen-bond acceptors (Lipinski definition) is 2. The first-order valence-electron chi connectivity index (χ1n) is 5.29. The number of hydrogen-bond donors (Lipinski definition) is 2. The monoisotopic (exact) mass is 204 g/mol. The number of nitrogens with two attached hydrogens (primary N) is 1. The van der Waals surface area contributed by atoms with Crippen molar-refractivity contribution < 1.29 is 4.79 Å². The first-order chi connectivity index (χ1) is 7.16. The van der Waals surface area contributed by atoms with Crippen LogP contribution in [0.2, 0.25) is 0 Å². The van der Waals surface area contributed by atoms with E-state index in [2.05, 4.69) is 36.5 Å². The first kappa shape index (κ1) is 10.2. The van der Waals surface area contributed by atoms with Crippen LogP contribution in [0.5, 0.6) is 0 Å². The highest BCUT2D eigenvalue weighted by atomic mass is 16.2. The summed E-state index contributed by atoms with van der Waals surface area (Å²) in [7, 11) is 0. The predicted molar refractivity (Wildman–Crippen MR) is 59.3 cm³/mol. The third kappa shape index (κ3) is 2.18. The van der Waals surface area contributed by atoms with Gasteiger partial charge in [0.15, 0.2) is 0 Å². The minimum absolute atomic E-state index is 0.0353. The Bertz CT molecular complexity index is 358. The van der Waals surface area contributed by atoms with Crippen LogP contribution in [0.25, 0.3) is 0 Å². The standard InChI is InChI=1S/C12H16N2O/c1-8-2-4-9(5-3-8)11-7-6-10(13)12(15)14-11/h2-5,10-11H,6-7,13H2,1H3,(H,14,15). The lowest BCUT2D eigenvalue weighted by atomic mass is 9.94. The van der Waals surface area contributed by atoms with E-state index in [1.54, 1.807) is 0 Å². The summed E-state index contributed by atoms with van der Waals surface area (Å²) in [5.41, 5.74) is 8.03. The van der Waals surface area contributed by atoms with Crippen molar-refractivity contribution in [1.29, 1.82) is 0 Å². The Labute approximate surface area is 89.7 Å². The molecule has 1 aromatic carbocycles. The van der Waals surface area contributed by atoms with Crippen LogP contribution >= 0.6 is 0 Å². The van der Waals surface area contributed by atoms with Crippen molar-refractivity contribution in [2.45, 2.75) is 31.8 Å². The molecule has 80 valence electrons. The number of piperidine rings is 1. The Kier molecular flexibility index (Phi) is 2.73. The van der Waals surface area contributed by atoms with Gasteiger partial charge < -0.3 is 11.1 Å². The fourth-order valence-corrected chi connectivity index (χ4v) is 1.88. The molecule has 0 aliphatic carbocycles. The van der Waals surface area contributed by atoms with Crippen LogP contribution in [-0.4, -0.2) is 11.9 Å². The van der Waals surface area contributed by atoms with E-state index in [0.29, 0.717) is 0 Å². The van der Waals surface area contributed by atoms with Crippen LogP contribution in [0.3, 0.4) is 0 Å². The third-order valence-electron chi connectivity index (χ3n) is 2.90. The highest BCUT2D eigenvalue weighted by molar-refractivity contribution is 5.82. The fraction of sp³-hybridized carbons (Fsp3) is 0.417. The van der Waals surface area contributed by atoms with E-state index >= 15 is 0 Å². The summed E-state index contributed by atoms with van der Waals surface area (Å²) in [6.07, 6.45) is 1.69. The van der Waals surface area contributed by atoms with Gasteiger partial charge in [0.05, 0.1) is 12.1 Å². The normalized spacial score (nSPS) is 26.1. The summed E-state index contributed by atoms with van der Waals surface area (Å²) in [5.74, 6) is -0.0353. The van der Waals surface area contributed by atoms with Gasteiger partial charge >= 0.3 is 0 Å². The lowest BCUT2D eigenvalue weighted by molar-refractivity contribution is -0.124. The Morgan fingerprint density at radius 1 is 1.27 bits per heavy atom. The number of nitrogens with one attached hydrogen (secondary N) is 1. The van der Waals surface area contributed by atoms with Gasteiger partial charge in [0, 0.05) is 0 Å². The molecule has 2 rings (SSSR count). The Hall–Kier alpha value is -1.35. The highest BCUT2D eigenvalue weighted by Crippen LogP contribution is 2.23. The molecule has 0 bridgehead atoms. The van der Waals surface area contributed by atoms with E-state index in [1.807, 2.05) is 0 Å². The van der Waals surface area contributed by atoms with Crippen molar-refractivity contribution in [2.75, 3.05) is 0 Å². The second-order valence-corrected chi connectivity index (χ2v) is 4.16. The van der Waals surface area contributed by atoms with Gasteiger partial charge in [0.1, 0.15) is 0 Å². The van der Waals surface area contributed by atoms with Crippen LogP contribution < -0.4 is 11.1 Å². The minimum Gasteiger partial charge on any atom is -0.348 e. The smallest absolute Gasteiger partial charge is 0.237 e. The topological polar surface area (TPSA) is 55.1 Å². The molecular formula is C12H16N2O. The zero-order chi connectivity index (χ0) is 10.8. The van der Waals surface area contributed by atoms with E-state index in [9.17, 15) is 4.79 Å². The molecule has 2 atom stereocenters. The third-order valence-corrected chi connectivity index (χ3v) is 2.90. The number of carbonyl (C=O) groups excluding carboxylic acids is 1. The van der Waals surface area contributed by atoms with Crippen LogP contribution in [0.15, 0.2) is 24.3 Å².